The van der Waals surface area contributed by atoms with Crippen LogP contribution in [0.3, 0.4) is 0 Å². The monoisotopic (exact) mass is 408 g/mol. The molecule has 1 aromatic heterocycles. The SMILES string of the molecule is C[C@H]1[C@H](C)CCC[C@@H]1N1C[C@H](C(=O)NCc2ccc(Cn3cccn3)cc2)CC1=O. The van der Waals surface area contributed by atoms with E-state index < -0.39 is 0 Å². The smallest absolute Gasteiger partial charge is 0.225 e. The molecule has 1 saturated carbocycles. The molecule has 0 spiro atoms. The molecule has 1 aromatic carbocycles. The number of amides is 2. The van der Waals surface area contributed by atoms with Crippen LogP contribution < -0.4 is 5.32 Å². The zero-order valence-corrected chi connectivity index (χ0v) is 18.0. The van der Waals surface area contributed by atoms with Crippen molar-refractivity contribution < 1.29 is 9.59 Å². The average Bonchev–Trinajstić information content (AvgIpc) is 3.39. The third-order valence-electron chi connectivity index (χ3n) is 6.99. The first kappa shape index (κ1) is 20.6. The van der Waals surface area contributed by atoms with Gasteiger partial charge in [0.1, 0.15) is 0 Å². The maximum absolute atomic E-state index is 12.7. The van der Waals surface area contributed by atoms with Crippen LogP contribution in [0.1, 0.15) is 50.7 Å². The number of hydrogen-bond donors (Lipinski definition) is 1. The van der Waals surface area contributed by atoms with Gasteiger partial charge in [-0.05, 0) is 35.4 Å². The van der Waals surface area contributed by atoms with Gasteiger partial charge in [0.25, 0.3) is 0 Å². The van der Waals surface area contributed by atoms with Crippen LogP contribution in [0, 0.1) is 17.8 Å². The molecule has 6 heteroatoms. The quantitative estimate of drug-likeness (QED) is 0.798. The van der Waals surface area contributed by atoms with Gasteiger partial charge >= 0.3 is 0 Å². The molecule has 0 radical (unpaired) electrons. The predicted molar refractivity (Wildman–Crippen MR) is 115 cm³/mol. The van der Waals surface area contributed by atoms with E-state index in [4.69, 9.17) is 0 Å². The zero-order chi connectivity index (χ0) is 21.1. The predicted octanol–water partition coefficient (Wildman–Crippen LogP) is 3.22. The second kappa shape index (κ2) is 9.02. The molecule has 2 fully saturated rings. The Morgan fingerprint density at radius 1 is 1.17 bits per heavy atom. The van der Waals surface area contributed by atoms with Gasteiger partial charge in [-0.15, -0.1) is 0 Å². The van der Waals surface area contributed by atoms with E-state index in [2.05, 4.69) is 36.4 Å². The molecule has 2 aliphatic rings. The molecular weight excluding hydrogens is 376 g/mol. The van der Waals surface area contributed by atoms with E-state index >= 15 is 0 Å². The van der Waals surface area contributed by atoms with Gasteiger partial charge in [-0.1, -0.05) is 51.0 Å². The average molecular weight is 409 g/mol. The molecule has 4 rings (SSSR count). The molecule has 4 atom stereocenters. The summed E-state index contributed by atoms with van der Waals surface area (Å²) in [6.45, 7) is 6.32. The van der Waals surface area contributed by atoms with Crippen LogP contribution in [0.4, 0.5) is 0 Å². The second-order valence-corrected chi connectivity index (χ2v) is 9.02. The highest BCUT2D eigenvalue weighted by atomic mass is 16.2. The van der Waals surface area contributed by atoms with Gasteiger partial charge in [-0.2, -0.15) is 5.10 Å². The van der Waals surface area contributed by atoms with Crippen molar-refractivity contribution in [3.05, 3.63) is 53.9 Å². The van der Waals surface area contributed by atoms with Crippen molar-refractivity contribution in [2.24, 2.45) is 17.8 Å². The third kappa shape index (κ3) is 4.58. The number of nitrogens with one attached hydrogen (secondary N) is 1. The summed E-state index contributed by atoms with van der Waals surface area (Å²) in [6, 6.07) is 10.4. The van der Waals surface area contributed by atoms with Crippen LogP contribution in [0.25, 0.3) is 0 Å². The number of hydrogen-bond acceptors (Lipinski definition) is 3. The molecule has 2 heterocycles. The Kier molecular flexibility index (Phi) is 6.21. The summed E-state index contributed by atoms with van der Waals surface area (Å²) in [4.78, 5) is 27.3. The summed E-state index contributed by atoms with van der Waals surface area (Å²) in [5, 5.41) is 7.25. The standard InChI is InChI=1S/C24H32N4O2/c1-17-5-3-6-22(18(17)2)28-16-21(13-23(28)29)24(30)25-14-19-7-9-20(10-8-19)15-27-12-4-11-26-27/h4,7-12,17-18,21-22H,3,5-6,13-16H2,1-2H3,(H,25,30)/t17-,18+,21-,22+/m1/s1. The topological polar surface area (TPSA) is 67.2 Å². The maximum Gasteiger partial charge on any atom is 0.225 e. The van der Waals surface area contributed by atoms with Crippen LogP contribution in [-0.4, -0.2) is 39.1 Å². The van der Waals surface area contributed by atoms with Crippen molar-refractivity contribution in [1.82, 2.24) is 20.0 Å². The highest BCUT2D eigenvalue weighted by Crippen LogP contribution is 2.35. The molecule has 2 aromatic rings. The first-order valence-corrected chi connectivity index (χ1v) is 11.1. The third-order valence-corrected chi connectivity index (χ3v) is 6.99. The molecule has 160 valence electrons. The summed E-state index contributed by atoms with van der Waals surface area (Å²) < 4.78 is 1.88. The lowest BCUT2D eigenvalue weighted by molar-refractivity contribution is -0.132. The van der Waals surface area contributed by atoms with Crippen molar-refractivity contribution >= 4 is 11.8 Å². The Morgan fingerprint density at radius 2 is 1.93 bits per heavy atom. The van der Waals surface area contributed by atoms with Crippen molar-refractivity contribution in [2.45, 2.75) is 58.7 Å². The molecule has 0 bridgehead atoms. The molecule has 2 amide bonds. The van der Waals surface area contributed by atoms with Crippen LogP contribution in [0.5, 0.6) is 0 Å². The zero-order valence-electron chi connectivity index (χ0n) is 18.0. The minimum absolute atomic E-state index is 0.0111. The fourth-order valence-corrected chi connectivity index (χ4v) is 4.90. The lowest BCUT2D eigenvalue weighted by atomic mass is 9.77. The summed E-state index contributed by atoms with van der Waals surface area (Å²) >= 11 is 0. The number of nitrogens with zero attached hydrogens (tertiary/aromatic N) is 3. The van der Waals surface area contributed by atoms with Gasteiger partial charge in [-0.25, -0.2) is 0 Å². The number of benzene rings is 1. The Morgan fingerprint density at radius 3 is 2.67 bits per heavy atom. The highest BCUT2D eigenvalue weighted by Gasteiger charge is 2.41. The Hall–Kier alpha value is -2.63. The second-order valence-electron chi connectivity index (χ2n) is 9.02. The van der Waals surface area contributed by atoms with Crippen LogP contribution in [-0.2, 0) is 22.7 Å². The molecular formula is C24H32N4O2. The summed E-state index contributed by atoms with van der Waals surface area (Å²) in [6.07, 6.45) is 7.53. The molecule has 30 heavy (non-hydrogen) atoms. The van der Waals surface area contributed by atoms with E-state index in [1.807, 2.05) is 34.0 Å². The van der Waals surface area contributed by atoms with Crippen molar-refractivity contribution in [3.63, 3.8) is 0 Å². The lowest BCUT2D eigenvalue weighted by Crippen LogP contribution is -2.45. The number of aromatic nitrogens is 2. The number of carbonyl (C=O) groups excluding carboxylic acids is 2. The Labute approximate surface area is 178 Å². The van der Waals surface area contributed by atoms with Gasteiger partial charge in [0.05, 0.1) is 12.5 Å². The van der Waals surface area contributed by atoms with Gasteiger partial charge in [-0.3, -0.25) is 14.3 Å². The molecule has 0 unspecified atom stereocenters. The van der Waals surface area contributed by atoms with Gasteiger partial charge in [0, 0.05) is 37.9 Å². The maximum atomic E-state index is 12.7. The van der Waals surface area contributed by atoms with Gasteiger partial charge < -0.3 is 10.2 Å². The normalized spacial score (nSPS) is 26.7. The van der Waals surface area contributed by atoms with Crippen molar-refractivity contribution in [1.29, 1.82) is 0 Å². The number of carbonyl (C=O) groups is 2. The van der Waals surface area contributed by atoms with Crippen molar-refractivity contribution in [3.8, 4) is 0 Å². The van der Waals surface area contributed by atoms with E-state index in [1.54, 1.807) is 6.20 Å². The van der Waals surface area contributed by atoms with Gasteiger partial charge in [0.15, 0.2) is 0 Å². The number of likely N-dealkylation sites (tertiary alicyclic amines) is 1. The summed E-state index contributed by atoms with van der Waals surface area (Å²) in [5.74, 6) is 1.04. The fourth-order valence-electron chi connectivity index (χ4n) is 4.90. The van der Waals surface area contributed by atoms with Crippen molar-refractivity contribution in [2.75, 3.05) is 6.54 Å². The van der Waals surface area contributed by atoms with Crippen LogP contribution >= 0.6 is 0 Å². The minimum Gasteiger partial charge on any atom is -0.352 e. The highest BCUT2D eigenvalue weighted by molar-refractivity contribution is 5.89. The van der Waals surface area contributed by atoms with Crippen LogP contribution in [0.2, 0.25) is 0 Å². The molecule has 6 nitrogen and oxygen atoms in total. The lowest BCUT2D eigenvalue weighted by Gasteiger charge is -2.40. The number of rotatable bonds is 6. The first-order chi connectivity index (χ1) is 14.5. The summed E-state index contributed by atoms with van der Waals surface area (Å²) in [7, 11) is 0. The van der Waals surface area contributed by atoms with E-state index in [9.17, 15) is 9.59 Å². The minimum atomic E-state index is -0.235. The van der Waals surface area contributed by atoms with E-state index in [1.165, 1.54) is 18.4 Å². The Balaban J connectivity index is 1.28. The molecule has 1 saturated heterocycles. The van der Waals surface area contributed by atoms with Gasteiger partial charge in [0.2, 0.25) is 11.8 Å². The largest absolute Gasteiger partial charge is 0.352 e. The van der Waals surface area contributed by atoms with E-state index in [0.29, 0.717) is 37.4 Å². The fraction of sp³-hybridized carbons (Fsp3) is 0.542. The first-order valence-electron chi connectivity index (χ1n) is 11.1. The van der Waals surface area contributed by atoms with Crippen LogP contribution in [0.15, 0.2) is 42.7 Å². The molecule has 1 N–H and O–H groups in total. The molecule has 1 aliphatic carbocycles. The van der Waals surface area contributed by atoms with E-state index in [0.717, 1.165) is 18.5 Å². The Bertz CT molecular complexity index is 862. The summed E-state index contributed by atoms with van der Waals surface area (Å²) in [5.41, 5.74) is 2.23. The molecule has 1 aliphatic heterocycles. The van der Waals surface area contributed by atoms with E-state index in [-0.39, 0.29) is 17.7 Å².